The van der Waals surface area contributed by atoms with Crippen molar-refractivity contribution >= 4 is 12.1 Å². The lowest BCUT2D eigenvalue weighted by atomic mass is 10.1. The van der Waals surface area contributed by atoms with Crippen molar-refractivity contribution in [2.45, 2.75) is 96.9 Å². The topological polar surface area (TPSA) is 61.7 Å². The molecule has 0 spiro atoms. The Morgan fingerprint density at radius 3 is 2.14 bits per heavy atom. The maximum Gasteiger partial charge on any atom is 0.247 e. The third-order valence-electron chi connectivity index (χ3n) is 5.25. The minimum Gasteiger partial charge on any atom is -0.394 e. The SMILES string of the molecule is CCCCCCCCCCCCCCNC(=O)[C@H](CO)/N=C/c1cccc(C)c1. The molecule has 0 aliphatic heterocycles. The van der Waals surface area contributed by atoms with E-state index < -0.39 is 6.04 Å². The number of aliphatic hydroxyl groups is 1. The summed E-state index contributed by atoms with van der Waals surface area (Å²) in [6.45, 7) is 4.67. The molecule has 0 radical (unpaired) electrons. The van der Waals surface area contributed by atoms with Gasteiger partial charge in [0.1, 0.15) is 0 Å². The van der Waals surface area contributed by atoms with Crippen molar-refractivity contribution in [3.05, 3.63) is 35.4 Å². The molecule has 1 amide bonds. The van der Waals surface area contributed by atoms with Crippen molar-refractivity contribution in [1.82, 2.24) is 5.32 Å². The average Bonchev–Trinajstić information content (AvgIpc) is 2.72. The van der Waals surface area contributed by atoms with E-state index in [4.69, 9.17) is 0 Å². The second kappa shape index (κ2) is 17.2. The minimum absolute atomic E-state index is 0.195. The molecule has 4 heteroatoms. The van der Waals surface area contributed by atoms with E-state index in [9.17, 15) is 9.90 Å². The predicted molar refractivity (Wildman–Crippen MR) is 124 cm³/mol. The molecule has 0 aliphatic rings. The molecule has 4 nitrogen and oxygen atoms in total. The predicted octanol–water partition coefficient (Wildman–Crippen LogP) is 5.59. The molecule has 1 aromatic rings. The first-order valence-corrected chi connectivity index (χ1v) is 11.7. The zero-order valence-corrected chi connectivity index (χ0v) is 18.7. The van der Waals surface area contributed by atoms with Crippen LogP contribution in [0.2, 0.25) is 0 Å². The molecule has 1 rings (SSSR count). The average molecular weight is 403 g/mol. The Hall–Kier alpha value is -1.68. The van der Waals surface area contributed by atoms with E-state index >= 15 is 0 Å². The summed E-state index contributed by atoms with van der Waals surface area (Å²) in [5.74, 6) is -0.195. The summed E-state index contributed by atoms with van der Waals surface area (Å²) in [5.41, 5.74) is 2.09. The van der Waals surface area contributed by atoms with Crippen molar-refractivity contribution < 1.29 is 9.90 Å². The first kappa shape index (κ1) is 25.4. The summed E-state index contributed by atoms with van der Waals surface area (Å²) in [6, 6.07) is 7.19. The van der Waals surface area contributed by atoms with E-state index in [1.807, 2.05) is 31.2 Å². The van der Waals surface area contributed by atoms with Gasteiger partial charge in [-0.05, 0) is 18.9 Å². The fourth-order valence-corrected chi connectivity index (χ4v) is 3.42. The number of aliphatic hydroxyl groups excluding tert-OH is 1. The highest BCUT2D eigenvalue weighted by Crippen LogP contribution is 2.11. The van der Waals surface area contributed by atoms with Gasteiger partial charge in [0.2, 0.25) is 5.91 Å². The summed E-state index contributed by atoms with van der Waals surface area (Å²) < 4.78 is 0. The van der Waals surface area contributed by atoms with Crippen LogP contribution in [0, 0.1) is 6.92 Å². The molecule has 0 bridgehead atoms. The van der Waals surface area contributed by atoms with Gasteiger partial charge in [-0.3, -0.25) is 9.79 Å². The van der Waals surface area contributed by atoms with Gasteiger partial charge in [0.15, 0.2) is 6.04 Å². The third kappa shape index (κ3) is 13.2. The molecule has 0 saturated heterocycles. The Morgan fingerprint density at radius 1 is 1.00 bits per heavy atom. The Balaban J connectivity index is 2.04. The quantitative estimate of drug-likeness (QED) is 0.263. The van der Waals surface area contributed by atoms with Crippen molar-refractivity contribution in [2.75, 3.05) is 13.2 Å². The molecule has 0 unspecified atom stereocenters. The maximum atomic E-state index is 12.2. The Kier molecular flexibility index (Phi) is 15.0. The molecule has 0 saturated carbocycles. The van der Waals surface area contributed by atoms with Crippen LogP contribution in [0.25, 0.3) is 0 Å². The highest BCUT2D eigenvalue weighted by atomic mass is 16.3. The molecule has 1 aromatic carbocycles. The second-order valence-electron chi connectivity index (χ2n) is 8.07. The summed E-state index contributed by atoms with van der Waals surface area (Å²) in [6.07, 6.45) is 17.3. The van der Waals surface area contributed by atoms with E-state index in [0.29, 0.717) is 6.54 Å². The Morgan fingerprint density at radius 2 is 1.59 bits per heavy atom. The normalized spacial score (nSPS) is 12.4. The molecule has 29 heavy (non-hydrogen) atoms. The van der Waals surface area contributed by atoms with Crippen LogP contribution in [0.5, 0.6) is 0 Å². The van der Waals surface area contributed by atoms with Crippen molar-refractivity contribution in [1.29, 1.82) is 0 Å². The standard InChI is InChI=1S/C25H42N2O2/c1-3-4-5-6-7-8-9-10-11-12-13-14-18-26-25(29)24(21-28)27-20-23-17-15-16-22(2)19-23/h15-17,19-20,24,28H,3-14,18,21H2,1-2H3,(H,26,29)/b27-20+/t24-/m0/s1. The fraction of sp³-hybridized carbons (Fsp3) is 0.680. The zero-order valence-electron chi connectivity index (χ0n) is 18.7. The van der Waals surface area contributed by atoms with Crippen LogP contribution in [0.1, 0.15) is 95.1 Å². The molecular weight excluding hydrogens is 360 g/mol. The number of aryl methyl sites for hydroxylation is 1. The lowest BCUT2D eigenvalue weighted by Crippen LogP contribution is -2.36. The number of rotatable bonds is 17. The van der Waals surface area contributed by atoms with Gasteiger partial charge in [-0.15, -0.1) is 0 Å². The van der Waals surface area contributed by atoms with Gasteiger partial charge >= 0.3 is 0 Å². The minimum atomic E-state index is -0.729. The number of benzene rings is 1. The summed E-state index contributed by atoms with van der Waals surface area (Å²) >= 11 is 0. The van der Waals surface area contributed by atoms with Crippen LogP contribution in [-0.2, 0) is 4.79 Å². The molecule has 0 fully saturated rings. The number of hydrogen-bond acceptors (Lipinski definition) is 3. The van der Waals surface area contributed by atoms with E-state index in [-0.39, 0.29) is 12.5 Å². The van der Waals surface area contributed by atoms with Crippen molar-refractivity contribution in [2.24, 2.45) is 4.99 Å². The van der Waals surface area contributed by atoms with Gasteiger partial charge in [0, 0.05) is 12.8 Å². The van der Waals surface area contributed by atoms with E-state index in [1.165, 1.54) is 64.2 Å². The number of aliphatic imine (C=N–C) groups is 1. The maximum absolute atomic E-state index is 12.2. The van der Waals surface area contributed by atoms with Crippen molar-refractivity contribution in [3.8, 4) is 0 Å². The van der Waals surface area contributed by atoms with Crippen LogP contribution in [0.4, 0.5) is 0 Å². The largest absolute Gasteiger partial charge is 0.394 e. The number of unbranched alkanes of at least 4 members (excludes halogenated alkanes) is 11. The van der Waals surface area contributed by atoms with Crippen LogP contribution in [-0.4, -0.2) is 36.4 Å². The monoisotopic (exact) mass is 402 g/mol. The number of nitrogens with zero attached hydrogens (tertiary/aromatic N) is 1. The number of carbonyl (C=O) groups is 1. The lowest BCUT2D eigenvalue weighted by Gasteiger charge is -2.10. The molecular formula is C25H42N2O2. The highest BCUT2D eigenvalue weighted by Gasteiger charge is 2.14. The van der Waals surface area contributed by atoms with E-state index in [0.717, 1.165) is 24.0 Å². The third-order valence-corrected chi connectivity index (χ3v) is 5.25. The van der Waals surface area contributed by atoms with Gasteiger partial charge < -0.3 is 10.4 Å². The number of carbonyl (C=O) groups excluding carboxylic acids is 1. The lowest BCUT2D eigenvalue weighted by molar-refractivity contribution is -0.123. The molecule has 0 heterocycles. The second-order valence-corrected chi connectivity index (χ2v) is 8.07. The first-order chi connectivity index (χ1) is 14.2. The van der Waals surface area contributed by atoms with Gasteiger partial charge in [0.25, 0.3) is 0 Å². The van der Waals surface area contributed by atoms with E-state index in [1.54, 1.807) is 6.21 Å². The van der Waals surface area contributed by atoms with Gasteiger partial charge in [-0.2, -0.15) is 0 Å². The Bertz CT molecular complexity index is 572. The molecule has 164 valence electrons. The summed E-state index contributed by atoms with van der Waals surface area (Å²) in [7, 11) is 0. The molecule has 1 atom stereocenters. The molecule has 0 aliphatic carbocycles. The van der Waals surface area contributed by atoms with Crippen LogP contribution < -0.4 is 5.32 Å². The summed E-state index contributed by atoms with van der Waals surface area (Å²) in [5, 5.41) is 12.4. The van der Waals surface area contributed by atoms with Gasteiger partial charge in [-0.25, -0.2) is 0 Å². The smallest absolute Gasteiger partial charge is 0.247 e. The first-order valence-electron chi connectivity index (χ1n) is 11.7. The Labute approximate surface area is 178 Å². The zero-order chi connectivity index (χ0) is 21.2. The fourth-order valence-electron chi connectivity index (χ4n) is 3.42. The van der Waals surface area contributed by atoms with Gasteiger partial charge in [-0.1, -0.05) is 107 Å². The van der Waals surface area contributed by atoms with Crippen LogP contribution in [0.15, 0.2) is 29.3 Å². The number of hydrogen-bond donors (Lipinski definition) is 2. The van der Waals surface area contributed by atoms with Crippen LogP contribution >= 0.6 is 0 Å². The summed E-state index contributed by atoms with van der Waals surface area (Å²) in [4.78, 5) is 16.4. The number of nitrogens with one attached hydrogen (secondary N) is 1. The van der Waals surface area contributed by atoms with Gasteiger partial charge in [0.05, 0.1) is 6.61 Å². The van der Waals surface area contributed by atoms with Crippen LogP contribution in [0.3, 0.4) is 0 Å². The van der Waals surface area contributed by atoms with Crippen molar-refractivity contribution in [3.63, 3.8) is 0 Å². The van der Waals surface area contributed by atoms with E-state index in [2.05, 4.69) is 17.2 Å². The highest BCUT2D eigenvalue weighted by molar-refractivity contribution is 5.86. The molecule has 2 N–H and O–H groups in total. The number of amides is 1. The molecule has 0 aromatic heterocycles.